The first-order valence-electron chi connectivity index (χ1n) is 8.02. The molecule has 0 saturated carbocycles. The predicted octanol–water partition coefficient (Wildman–Crippen LogP) is 2.41. The van der Waals surface area contributed by atoms with Gasteiger partial charge in [-0.2, -0.15) is 0 Å². The van der Waals surface area contributed by atoms with E-state index in [1.807, 2.05) is 35.2 Å². The first kappa shape index (κ1) is 14.9. The minimum absolute atomic E-state index is 0.0895. The first-order valence-corrected chi connectivity index (χ1v) is 8.02. The van der Waals surface area contributed by atoms with Gasteiger partial charge in [0.15, 0.2) is 0 Å². The summed E-state index contributed by atoms with van der Waals surface area (Å²) in [6.45, 7) is 2.50. The van der Waals surface area contributed by atoms with E-state index >= 15 is 0 Å². The standard InChI is InChI=1S/C17H22N2O3/c20-16(18-10-4-5-11-18)15-9-6-12-19(15)17(21)22-13-14-7-2-1-3-8-14/h1-3,7-8,15H,4-6,9-13H2/t15-/m1/s1. The highest BCUT2D eigenvalue weighted by Gasteiger charge is 2.37. The monoisotopic (exact) mass is 302 g/mol. The van der Waals surface area contributed by atoms with Crippen molar-refractivity contribution in [3.05, 3.63) is 35.9 Å². The van der Waals surface area contributed by atoms with E-state index in [1.165, 1.54) is 0 Å². The van der Waals surface area contributed by atoms with E-state index in [0.29, 0.717) is 6.54 Å². The van der Waals surface area contributed by atoms with Crippen molar-refractivity contribution in [3.63, 3.8) is 0 Å². The minimum atomic E-state index is -0.376. The van der Waals surface area contributed by atoms with Crippen molar-refractivity contribution in [1.29, 1.82) is 0 Å². The fraction of sp³-hybridized carbons (Fsp3) is 0.529. The van der Waals surface area contributed by atoms with Crippen molar-refractivity contribution in [1.82, 2.24) is 9.80 Å². The third kappa shape index (κ3) is 3.24. The SMILES string of the molecule is O=C([C@H]1CCCN1C(=O)OCc1ccccc1)N1CCCC1. The molecule has 2 saturated heterocycles. The lowest BCUT2D eigenvalue weighted by molar-refractivity contribution is -0.134. The number of hydrogen-bond acceptors (Lipinski definition) is 3. The van der Waals surface area contributed by atoms with Crippen molar-refractivity contribution in [3.8, 4) is 0 Å². The van der Waals surface area contributed by atoms with Crippen LogP contribution >= 0.6 is 0 Å². The van der Waals surface area contributed by atoms with Gasteiger partial charge in [-0.05, 0) is 31.2 Å². The summed E-state index contributed by atoms with van der Waals surface area (Å²) in [7, 11) is 0. The molecule has 2 amide bonds. The van der Waals surface area contributed by atoms with Gasteiger partial charge in [-0.15, -0.1) is 0 Å². The number of rotatable bonds is 3. The molecule has 3 rings (SSSR count). The topological polar surface area (TPSA) is 49.9 Å². The maximum atomic E-state index is 12.5. The quantitative estimate of drug-likeness (QED) is 0.861. The van der Waals surface area contributed by atoms with E-state index < -0.39 is 0 Å². The number of ether oxygens (including phenoxy) is 1. The van der Waals surface area contributed by atoms with E-state index in [4.69, 9.17) is 4.74 Å². The fourth-order valence-electron chi connectivity index (χ4n) is 3.19. The molecule has 0 bridgehead atoms. The van der Waals surface area contributed by atoms with Crippen LogP contribution in [0.2, 0.25) is 0 Å². The molecule has 0 aromatic heterocycles. The van der Waals surface area contributed by atoms with Crippen LogP contribution in [0.25, 0.3) is 0 Å². The van der Waals surface area contributed by atoms with Crippen LogP contribution in [0.1, 0.15) is 31.2 Å². The Kier molecular flexibility index (Phi) is 4.61. The minimum Gasteiger partial charge on any atom is -0.445 e. The van der Waals surface area contributed by atoms with E-state index in [2.05, 4.69) is 0 Å². The number of carbonyl (C=O) groups excluding carboxylic acids is 2. The number of nitrogens with zero attached hydrogens (tertiary/aromatic N) is 2. The Morgan fingerprint density at radius 1 is 1.05 bits per heavy atom. The molecule has 2 fully saturated rings. The number of benzene rings is 1. The van der Waals surface area contributed by atoms with Crippen LogP contribution in [0.5, 0.6) is 0 Å². The van der Waals surface area contributed by atoms with Gasteiger partial charge < -0.3 is 9.64 Å². The third-order valence-electron chi connectivity index (χ3n) is 4.40. The highest BCUT2D eigenvalue weighted by Crippen LogP contribution is 2.22. The van der Waals surface area contributed by atoms with Gasteiger partial charge in [-0.3, -0.25) is 9.69 Å². The normalized spacial score (nSPS) is 21.2. The highest BCUT2D eigenvalue weighted by atomic mass is 16.6. The van der Waals surface area contributed by atoms with Gasteiger partial charge in [0.2, 0.25) is 5.91 Å². The molecule has 5 heteroatoms. The van der Waals surface area contributed by atoms with Gasteiger partial charge in [0.25, 0.3) is 0 Å². The molecule has 1 aromatic carbocycles. The van der Waals surface area contributed by atoms with Crippen LogP contribution in [-0.4, -0.2) is 47.5 Å². The maximum Gasteiger partial charge on any atom is 0.410 e. The summed E-state index contributed by atoms with van der Waals surface area (Å²) >= 11 is 0. The Balaban J connectivity index is 1.57. The van der Waals surface area contributed by atoms with E-state index in [9.17, 15) is 9.59 Å². The zero-order valence-electron chi connectivity index (χ0n) is 12.7. The van der Waals surface area contributed by atoms with E-state index in [1.54, 1.807) is 4.90 Å². The Morgan fingerprint density at radius 2 is 1.77 bits per heavy atom. The second kappa shape index (κ2) is 6.81. The number of likely N-dealkylation sites (tertiary alicyclic amines) is 2. The number of carbonyl (C=O) groups is 2. The van der Waals surface area contributed by atoms with Crippen LogP contribution in [0, 0.1) is 0 Å². The van der Waals surface area contributed by atoms with Gasteiger partial charge in [0, 0.05) is 19.6 Å². The zero-order chi connectivity index (χ0) is 15.4. The van der Waals surface area contributed by atoms with Crippen molar-refractivity contribution < 1.29 is 14.3 Å². The molecule has 1 aromatic rings. The largest absolute Gasteiger partial charge is 0.445 e. The summed E-state index contributed by atoms with van der Waals surface area (Å²) in [6.07, 6.45) is 3.37. The smallest absolute Gasteiger partial charge is 0.410 e. The molecular weight excluding hydrogens is 280 g/mol. The Morgan fingerprint density at radius 3 is 2.50 bits per heavy atom. The lowest BCUT2D eigenvalue weighted by atomic mass is 10.2. The van der Waals surface area contributed by atoms with Crippen molar-refractivity contribution in [2.45, 2.75) is 38.3 Å². The first-order chi connectivity index (χ1) is 10.8. The zero-order valence-corrected chi connectivity index (χ0v) is 12.7. The van der Waals surface area contributed by atoms with Crippen LogP contribution in [-0.2, 0) is 16.1 Å². The molecule has 2 aliphatic rings. The summed E-state index contributed by atoms with van der Waals surface area (Å²) in [4.78, 5) is 28.3. The predicted molar refractivity (Wildman–Crippen MR) is 82.2 cm³/mol. The molecule has 0 unspecified atom stereocenters. The third-order valence-corrected chi connectivity index (χ3v) is 4.40. The molecule has 118 valence electrons. The lowest BCUT2D eigenvalue weighted by Gasteiger charge is -2.27. The number of amides is 2. The van der Waals surface area contributed by atoms with E-state index in [-0.39, 0.29) is 24.6 Å². The van der Waals surface area contributed by atoms with Gasteiger partial charge in [-0.25, -0.2) is 4.79 Å². The Hall–Kier alpha value is -2.04. The molecule has 1 atom stereocenters. The molecule has 2 aliphatic heterocycles. The summed E-state index contributed by atoms with van der Waals surface area (Å²) in [6, 6.07) is 9.27. The van der Waals surface area contributed by atoms with Crippen molar-refractivity contribution >= 4 is 12.0 Å². The molecule has 0 N–H and O–H groups in total. The average molecular weight is 302 g/mol. The van der Waals surface area contributed by atoms with Crippen molar-refractivity contribution in [2.75, 3.05) is 19.6 Å². The van der Waals surface area contributed by atoms with Crippen LogP contribution < -0.4 is 0 Å². The van der Waals surface area contributed by atoms with Crippen molar-refractivity contribution in [2.24, 2.45) is 0 Å². The lowest BCUT2D eigenvalue weighted by Crippen LogP contribution is -2.47. The average Bonchev–Trinajstić information content (AvgIpc) is 3.24. The summed E-state index contributed by atoms with van der Waals surface area (Å²) in [5.41, 5.74) is 0.956. The van der Waals surface area contributed by atoms with Gasteiger partial charge in [0.05, 0.1) is 0 Å². The van der Waals surface area contributed by atoms with Gasteiger partial charge in [-0.1, -0.05) is 30.3 Å². The highest BCUT2D eigenvalue weighted by molar-refractivity contribution is 5.86. The Bertz CT molecular complexity index is 526. The maximum absolute atomic E-state index is 12.5. The van der Waals surface area contributed by atoms with Crippen LogP contribution in [0.15, 0.2) is 30.3 Å². The molecule has 0 spiro atoms. The molecule has 0 aliphatic carbocycles. The summed E-state index contributed by atoms with van der Waals surface area (Å²) < 4.78 is 5.37. The second-order valence-electron chi connectivity index (χ2n) is 5.92. The molecular formula is C17H22N2O3. The van der Waals surface area contributed by atoms with Crippen LogP contribution in [0.3, 0.4) is 0 Å². The number of hydrogen-bond donors (Lipinski definition) is 0. The second-order valence-corrected chi connectivity index (χ2v) is 5.92. The van der Waals surface area contributed by atoms with Crippen LogP contribution in [0.4, 0.5) is 4.79 Å². The summed E-state index contributed by atoms with van der Waals surface area (Å²) in [5, 5.41) is 0. The summed E-state index contributed by atoms with van der Waals surface area (Å²) in [5.74, 6) is 0.0895. The fourth-order valence-corrected chi connectivity index (χ4v) is 3.19. The molecule has 22 heavy (non-hydrogen) atoms. The molecule has 0 radical (unpaired) electrons. The van der Waals surface area contributed by atoms with E-state index in [0.717, 1.165) is 44.3 Å². The Labute approximate surface area is 130 Å². The van der Waals surface area contributed by atoms with Gasteiger partial charge in [0.1, 0.15) is 12.6 Å². The molecule has 2 heterocycles. The van der Waals surface area contributed by atoms with Gasteiger partial charge >= 0.3 is 6.09 Å². The molecule has 5 nitrogen and oxygen atoms in total.